The van der Waals surface area contributed by atoms with Crippen LogP contribution in [-0.4, -0.2) is 26.1 Å². The zero-order valence-electron chi connectivity index (χ0n) is 12.2. The van der Waals surface area contributed by atoms with Crippen LogP contribution in [-0.2, 0) is 13.0 Å². The van der Waals surface area contributed by atoms with Crippen molar-refractivity contribution in [3.8, 4) is 0 Å². The highest BCUT2D eigenvalue weighted by atomic mass is 19.1. The molecule has 0 saturated carbocycles. The number of aromatic nitrogens is 3. The number of hydrogen-bond acceptors (Lipinski definition) is 3. The molecule has 0 unspecified atom stereocenters. The summed E-state index contributed by atoms with van der Waals surface area (Å²) in [6.07, 6.45) is 0.394. The second-order valence-corrected chi connectivity index (χ2v) is 5.14. The lowest BCUT2D eigenvalue weighted by molar-refractivity contribution is 0.0689. The van der Waals surface area contributed by atoms with Gasteiger partial charge in [0.1, 0.15) is 5.82 Å². The molecule has 5 nitrogen and oxygen atoms in total. The molecular weight excluding hydrogens is 297 g/mol. The van der Waals surface area contributed by atoms with Crippen molar-refractivity contribution in [2.24, 2.45) is 0 Å². The Bertz CT molecular complexity index is 831. The predicted molar refractivity (Wildman–Crippen MR) is 81.7 cm³/mol. The van der Waals surface area contributed by atoms with Crippen molar-refractivity contribution in [2.45, 2.75) is 13.0 Å². The van der Waals surface area contributed by atoms with Crippen LogP contribution in [0.1, 0.15) is 27.3 Å². The predicted octanol–water partition coefficient (Wildman–Crippen LogP) is 2.75. The fraction of sp³-hybridized carbons (Fsp3) is 0.118. The van der Waals surface area contributed by atoms with Gasteiger partial charge in [0.25, 0.3) is 0 Å². The molecule has 0 aliphatic rings. The molecule has 1 heterocycles. The van der Waals surface area contributed by atoms with Gasteiger partial charge in [-0.2, -0.15) is 0 Å². The molecule has 6 heteroatoms. The van der Waals surface area contributed by atoms with Gasteiger partial charge in [-0.3, -0.25) is 0 Å². The molecular formula is C17H14FN3O2. The average molecular weight is 311 g/mol. The highest BCUT2D eigenvalue weighted by Gasteiger charge is 2.19. The molecule has 3 rings (SSSR count). The molecule has 0 radical (unpaired) electrons. The Morgan fingerprint density at radius 2 is 1.83 bits per heavy atom. The maximum atomic E-state index is 13.3. The minimum atomic E-state index is -1.12. The van der Waals surface area contributed by atoms with Crippen molar-refractivity contribution in [2.75, 3.05) is 0 Å². The van der Waals surface area contributed by atoms with Gasteiger partial charge in [-0.1, -0.05) is 47.7 Å². The van der Waals surface area contributed by atoms with E-state index in [9.17, 15) is 14.3 Å². The van der Waals surface area contributed by atoms with Gasteiger partial charge >= 0.3 is 5.97 Å². The molecule has 0 spiro atoms. The van der Waals surface area contributed by atoms with Gasteiger partial charge in [0.05, 0.1) is 12.2 Å². The summed E-state index contributed by atoms with van der Waals surface area (Å²) in [5.74, 6) is -1.47. The SMILES string of the molecule is O=C(O)c1nnn(Cc2cccc(F)c2)c1Cc1ccccc1. The standard InChI is InChI=1S/C17H14FN3O2/c18-14-8-4-7-13(9-14)11-21-15(16(17(22)23)19-20-21)10-12-5-2-1-3-6-12/h1-9H,10-11H2,(H,22,23). The van der Waals surface area contributed by atoms with Crippen LogP contribution in [0.15, 0.2) is 54.6 Å². The molecule has 0 atom stereocenters. The van der Waals surface area contributed by atoms with E-state index in [0.29, 0.717) is 17.7 Å². The number of benzene rings is 2. The third-order valence-electron chi connectivity index (χ3n) is 3.48. The Labute approximate surface area is 132 Å². The van der Waals surface area contributed by atoms with E-state index >= 15 is 0 Å². The maximum Gasteiger partial charge on any atom is 0.358 e. The molecule has 116 valence electrons. The summed E-state index contributed by atoms with van der Waals surface area (Å²) >= 11 is 0. The number of carbonyl (C=O) groups is 1. The summed E-state index contributed by atoms with van der Waals surface area (Å²) in [4.78, 5) is 11.4. The number of carboxylic acid groups (broad SMARTS) is 1. The summed E-state index contributed by atoms with van der Waals surface area (Å²) < 4.78 is 14.8. The molecule has 0 saturated heterocycles. The molecule has 2 aromatic carbocycles. The number of halogens is 1. The van der Waals surface area contributed by atoms with Crippen LogP contribution in [0.4, 0.5) is 4.39 Å². The van der Waals surface area contributed by atoms with Crippen LogP contribution in [0.2, 0.25) is 0 Å². The third kappa shape index (κ3) is 3.42. The van der Waals surface area contributed by atoms with Gasteiger partial charge in [-0.25, -0.2) is 13.9 Å². The average Bonchev–Trinajstić information content (AvgIpc) is 2.91. The summed E-state index contributed by atoms with van der Waals surface area (Å²) in [5, 5.41) is 17.0. The Morgan fingerprint density at radius 3 is 2.52 bits per heavy atom. The second-order valence-electron chi connectivity index (χ2n) is 5.14. The first-order valence-electron chi connectivity index (χ1n) is 7.07. The highest BCUT2D eigenvalue weighted by molar-refractivity contribution is 5.86. The van der Waals surface area contributed by atoms with Crippen molar-refractivity contribution >= 4 is 5.97 Å². The van der Waals surface area contributed by atoms with E-state index in [1.807, 2.05) is 30.3 Å². The lowest BCUT2D eigenvalue weighted by Gasteiger charge is -2.08. The number of hydrogen-bond donors (Lipinski definition) is 1. The lowest BCUT2D eigenvalue weighted by atomic mass is 10.1. The van der Waals surface area contributed by atoms with Crippen LogP contribution < -0.4 is 0 Å². The Balaban J connectivity index is 1.95. The first-order chi connectivity index (χ1) is 11.1. The first kappa shape index (κ1) is 14.9. The summed E-state index contributed by atoms with van der Waals surface area (Å²) in [7, 11) is 0. The van der Waals surface area contributed by atoms with Crippen LogP contribution in [0.25, 0.3) is 0 Å². The van der Waals surface area contributed by atoms with Gasteiger partial charge < -0.3 is 5.11 Å². The van der Waals surface area contributed by atoms with Gasteiger partial charge in [0.15, 0.2) is 5.69 Å². The van der Waals surface area contributed by atoms with Crippen molar-refractivity contribution in [1.82, 2.24) is 15.0 Å². The normalized spacial score (nSPS) is 10.7. The minimum absolute atomic E-state index is 0.0785. The van der Waals surface area contributed by atoms with Gasteiger partial charge in [-0.15, -0.1) is 5.10 Å². The van der Waals surface area contributed by atoms with Crippen LogP contribution in [0, 0.1) is 5.82 Å². The molecule has 3 aromatic rings. The number of rotatable bonds is 5. The Morgan fingerprint density at radius 1 is 1.09 bits per heavy atom. The largest absolute Gasteiger partial charge is 0.476 e. The zero-order valence-corrected chi connectivity index (χ0v) is 12.2. The summed E-state index contributed by atoms with van der Waals surface area (Å²) in [6, 6.07) is 15.6. The van der Waals surface area contributed by atoms with Gasteiger partial charge in [0, 0.05) is 6.42 Å². The van der Waals surface area contributed by atoms with E-state index in [1.54, 1.807) is 12.1 Å². The topological polar surface area (TPSA) is 68.0 Å². The van der Waals surface area contributed by atoms with E-state index in [4.69, 9.17) is 0 Å². The monoisotopic (exact) mass is 311 g/mol. The quantitative estimate of drug-likeness (QED) is 0.786. The van der Waals surface area contributed by atoms with Crippen molar-refractivity contribution in [3.63, 3.8) is 0 Å². The van der Waals surface area contributed by atoms with Crippen molar-refractivity contribution < 1.29 is 14.3 Å². The summed E-state index contributed by atoms with van der Waals surface area (Å²) in [6.45, 7) is 0.264. The van der Waals surface area contributed by atoms with E-state index in [-0.39, 0.29) is 18.1 Å². The minimum Gasteiger partial charge on any atom is -0.476 e. The smallest absolute Gasteiger partial charge is 0.358 e. The fourth-order valence-corrected chi connectivity index (χ4v) is 2.40. The number of carboxylic acids is 1. The van der Waals surface area contributed by atoms with Crippen molar-refractivity contribution in [3.05, 3.63) is 82.9 Å². The Kier molecular flexibility index (Phi) is 4.14. The lowest BCUT2D eigenvalue weighted by Crippen LogP contribution is -2.10. The highest BCUT2D eigenvalue weighted by Crippen LogP contribution is 2.15. The Hall–Kier alpha value is -3.02. The third-order valence-corrected chi connectivity index (χ3v) is 3.48. The van der Waals surface area contributed by atoms with E-state index in [1.165, 1.54) is 16.8 Å². The molecule has 0 fully saturated rings. The van der Waals surface area contributed by atoms with Crippen LogP contribution >= 0.6 is 0 Å². The first-order valence-corrected chi connectivity index (χ1v) is 7.07. The van der Waals surface area contributed by atoms with E-state index < -0.39 is 5.97 Å². The molecule has 1 N–H and O–H groups in total. The molecule has 0 aliphatic carbocycles. The van der Waals surface area contributed by atoms with E-state index in [2.05, 4.69) is 10.3 Å². The fourth-order valence-electron chi connectivity index (χ4n) is 2.40. The number of nitrogens with zero attached hydrogens (tertiary/aromatic N) is 3. The second kappa shape index (κ2) is 6.39. The molecule has 0 aliphatic heterocycles. The van der Waals surface area contributed by atoms with Crippen LogP contribution in [0.3, 0.4) is 0 Å². The molecule has 1 aromatic heterocycles. The maximum absolute atomic E-state index is 13.3. The van der Waals surface area contributed by atoms with Gasteiger partial charge in [0.2, 0.25) is 0 Å². The van der Waals surface area contributed by atoms with E-state index in [0.717, 1.165) is 5.56 Å². The van der Waals surface area contributed by atoms with Gasteiger partial charge in [-0.05, 0) is 23.3 Å². The number of aromatic carboxylic acids is 1. The molecule has 0 bridgehead atoms. The molecule has 23 heavy (non-hydrogen) atoms. The van der Waals surface area contributed by atoms with Crippen molar-refractivity contribution in [1.29, 1.82) is 0 Å². The zero-order chi connectivity index (χ0) is 16.2. The molecule has 0 amide bonds. The summed E-state index contributed by atoms with van der Waals surface area (Å²) in [5.41, 5.74) is 2.07. The van der Waals surface area contributed by atoms with Crippen LogP contribution in [0.5, 0.6) is 0 Å².